The molecule has 0 bridgehead atoms. The average Bonchev–Trinajstić information content (AvgIpc) is 2.80. The van der Waals surface area contributed by atoms with Crippen molar-refractivity contribution in [2.45, 2.75) is 6.18 Å². The molecule has 1 aliphatic rings. The van der Waals surface area contributed by atoms with Crippen molar-refractivity contribution in [3.63, 3.8) is 0 Å². The molecule has 0 saturated heterocycles. The molecule has 8 heteroatoms. The summed E-state index contributed by atoms with van der Waals surface area (Å²) in [4.78, 5) is 6.16. The van der Waals surface area contributed by atoms with Crippen LogP contribution in [0.4, 0.5) is 13.2 Å². The first-order chi connectivity index (χ1) is 9.48. The summed E-state index contributed by atoms with van der Waals surface area (Å²) in [5.41, 5.74) is -0.754. The molecule has 0 spiro atoms. The summed E-state index contributed by atoms with van der Waals surface area (Å²) in [7, 11) is 1.90. The molecule has 0 saturated carbocycles. The van der Waals surface area contributed by atoms with Crippen molar-refractivity contribution >= 4 is 29.9 Å². The first-order valence-corrected chi connectivity index (χ1v) is 6.27. The Kier molecular flexibility index (Phi) is 6.56. The third-order valence-electron chi connectivity index (χ3n) is 2.89. The molecule has 118 valence electrons. The molecule has 1 heterocycles. The lowest BCUT2D eigenvalue weighted by molar-refractivity contribution is -0.138. The molecule has 0 radical (unpaired) electrons. The molecule has 0 fully saturated rings. The van der Waals surface area contributed by atoms with E-state index in [1.807, 2.05) is 11.9 Å². The number of likely N-dealkylation sites (N-methyl/N-ethyl adjacent to an activating group) is 1. The molecule has 1 aliphatic heterocycles. The van der Waals surface area contributed by atoms with Crippen LogP contribution in [0.5, 0.6) is 5.75 Å². The Labute approximate surface area is 138 Å². The zero-order valence-electron chi connectivity index (χ0n) is 11.5. The monoisotopic (exact) mass is 415 g/mol. The minimum absolute atomic E-state index is 0. The third kappa shape index (κ3) is 4.94. The lowest BCUT2D eigenvalue weighted by Crippen LogP contribution is -2.37. The van der Waals surface area contributed by atoms with Gasteiger partial charge in [-0.15, -0.1) is 24.0 Å². The number of ether oxygens (including phenoxy) is 1. The van der Waals surface area contributed by atoms with Crippen LogP contribution in [0.1, 0.15) is 5.56 Å². The molecule has 0 aromatic heterocycles. The molecule has 2 rings (SSSR count). The van der Waals surface area contributed by atoms with Gasteiger partial charge in [-0.25, -0.2) is 0 Å². The summed E-state index contributed by atoms with van der Waals surface area (Å²) in [6.07, 6.45) is -4.40. The summed E-state index contributed by atoms with van der Waals surface area (Å²) in [5, 5.41) is 3.03. The number of aliphatic imine (C=N–C) groups is 1. The van der Waals surface area contributed by atoms with Gasteiger partial charge in [0.1, 0.15) is 12.4 Å². The van der Waals surface area contributed by atoms with Gasteiger partial charge in [-0.2, -0.15) is 13.2 Å². The fourth-order valence-electron chi connectivity index (χ4n) is 1.87. The van der Waals surface area contributed by atoms with Crippen molar-refractivity contribution in [1.82, 2.24) is 10.2 Å². The predicted molar refractivity (Wildman–Crippen MR) is 85.3 cm³/mol. The van der Waals surface area contributed by atoms with E-state index in [-0.39, 0.29) is 36.3 Å². The predicted octanol–water partition coefficient (Wildman–Crippen LogP) is 2.59. The largest absolute Gasteiger partial charge is 0.491 e. The summed E-state index contributed by atoms with van der Waals surface area (Å²) < 4.78 is 43.4. The highest BCUT2D eigenvalue weighted by atomic mass is 127. The zero-order chi connectivity index (χ0) is 14.6. The SMILES string of the molecule is CN1CCN=C1NCCOc1ccccc1C(F)(F)F.I. The van der Waals surface area contributed by atoms with Gasteiger partial charge in [0.2, 0.25) is 0 Å². The van der Waals surface area contributed by atoms with Crippen molar-refractivity contribution in [3.05, 3.63) is 29.8 Å². The van der Waals surface area contributed by atoms with Gasteiger partial charge in [-0.3, -0.25) is 4.99 Å². The van der Waals surface area contributed by atoms with Crippen LogP contribution in [0.25, 0.3) is 0 Å². The van der Waals surface area contributed by atoms with E-state index in [0.717, 1.165) is 25.1 Å². The maximum absolute atomic E-state index is 12.7. The van der Waals surface area contributed by atoms with Crippen LogP contribution in [-0.2, 0) is 6.18 Å². The highest BCUT2D eigenvalue weighted by Crippen LogP contribution is 2.35. The lowest BCUT2D eigenvalue weighted by atomic mass is 10.2. The van der Waals surface area contributed by atoms with Crippen molar-refractivity contribution in [2.24, 2.45) is 4.99 Å². The Morgan fingerprint density at radius 3 is 2.67 bits per heavy atom. The Bertz CT molecular complexity index is 494. The number of halogens is 4. The van der Waals surface area contributed by atoms with Crippen LogP contribution in [-0.4, -0.2) is 44.1 Å². The second kappa shape index (κ2) is 7.71. The van der Waals surface area contributed by atoms with Gasteiger partial charge < -0.3 is 15.0 Å². The number of hydrogen-bond donors (Lipinski definition) is 1. The maximum Gasteiger partial charge on any atom is 0.419 e. The Morgan fingerprint density at radius 2 is 2.05 bits per heavy atom. The lowest BCUT2D eigenvalue weighted by Gasteiger charge is -2.16. The third-order valence-corrected chi connectivity index (χ3v) is 2.89. The van der Waals surface area contributed by atoms with Crippen LogP contribution >= 0.6 is 24.0 Å². The molecule has 1 N–H and O–H groups in total. The topological polar surface area (TPSA) is 36.9 Å². The zero-order valence-corrected chi connectivity index (χ0v) is 13.8. The quantitative estimate of drug-likeness (QED) is 0.607. The van der Waals surface area contributed by atoms with Crippen LogP contribution in [0, 0.1) is 0 Å². The highest BCUT2D eigenvalue weighted by molar-refractivity contribution is 14.0. The van der Waals surface area contributed by atoms with Gasteiger partial charge in [0.05, 0.1) is 18.7 Å². The fraction of sp³-hybridized carbons (Fsp3) is 0.462. The highest BCUT2D eigenvalue weighted by Gasteiger charge is 2.33. The number of para-hydroxylation sites is 1. The normalized spacial score (nSPS) is 14.5. The van der Waals surface area contributed by atoms with Gasteiger partial charge in [0, 0.05) is 13.6 Å². The minimum atomic E-state index is -4.40. The van der Waals surface area contributed by atoms with Crippen LogP contribution in [0.3, 0.4) is 0 Å². The van der Waals surface area contributed by atoms with Crippen molar-refractivity contribution in [2.75, 3.05) is 33.3 Å². The number of nitrogens with one attached hydrogen (secondary N) is 1. The second-order valence-electron chi connectivity index (χ2n) is 4.40. The van der Waals surface area contributed by atoms with E-state index in [9.17, 15) is 13.2 Å². The van der Waals surface area contributed by atoms with Gasteiger partial charge in [0.25, 0.3) is 0 Å². The van der Waals surface area contributed by atoms with E-state index in [4.69, 9.17) is 4.74 Å². The van der Waals surface area contributed by atoms with Crippen LogP contribution < -0.4 is 10.1 Å². The molecule has 1 aromatic rings. The molecule has 0 amide bonds. The average molecular weight is 415 g/mol. The van der Waals surface area contributed by atoms with E-state index >= 15 is 0 Å². The van der Waals surface area contributed by atoms with Crippen molar-refractivity contribution in [1.29, 1.82) is 0 Å². The maximum atomic E-state index is 12.7. The first kappa shape index (κ1) is 17.9. The Morgan fingerprint density at radius 1 is 1.33 bits per heavy atom. The summed E-state index contributed by atoms with van der Waals surface area (Å²) in [5.74, 6) is 0.598. The minimum Gasteiger partial charge on any atom is -0.491 e. The second-order valence-corrected chi connectivity index (χ2v) is 4.40. The Hall–Kier alpha value is -1.19. The molecule has 0 aliphatic carbocycles. The van der Waals surface area contributed by atoms with E-state index in [1.54, 1.807) is 0 Å². The molecule has 4 nitrogen and oxygen atoms in total. The van der Waals surface area contributed by atoms with Crippen LogP contribution in [0.15, 0.2) is 29.3 Å². The van der Waals surface area contributed by atoms with Gasteiger partial charge in [0.15, 0.2) is 5.96 Å². The molecule has 0 unspecified atom stereocenters. The summed E-state index contributed by atoms with van der Waals surface area (Å²) in [6, 6.07) is 5.20. The van der Waals surface area contributed by atoms with Gasteiger partial charge >= 0.3 is 6.18 Å². The first-order valence-electron chi connectivity index (χ1n) is 6.27. The number of alkyl halides is 3. The number of guanidine groups is 1. The molecule has 1 aromatic carbocycles. The van der Waals surface area contributed by atoms with Gasteiger partial charge in [-0.05, 0) is 12.1 Å². The summed E-state index contributed by atoms with van der Waals surface area (Å²) >= 11 is 0. The van der Waals surface area contributed by atoms with Crippen molar-refractivity contribution in [3.8, 4) is 5.75 Å². The van der Waals surface area contributed by atoms with E-state index < -0.39 is 11.7 Å². The number of nitrogens with zero attached hydrogens (tertiary/aromatic N) is 2. The standard InChI is InChI=1S/C13H16F3N3O.HI/c1-19-8-6-17-12(19)18-7-9-20-11-5-3-2-4-10(11)13(14,15)16;/h2-5H,6-9H2,1H3,(H,17,18);1H. The molecular weight excluding hydrogens is 398 g/mol. The fourth-order valence-corrected chi connectivity index (χ4v) is 1.87. The smallest absolute Gasteiger partial charge is 0.419 e. The summed E-state index contributed by atoms with van der Waals surface area (Å²) in [6.45, 7) is 2.12. The molecule has 21 heavy (non-hydrogen) atoms. The number of benzene rings is 1. The molecule has 0 atom stereocenters. The van der Waals surface area contributed by atoms with E-state index in [2.05, 4.69) is 10.3 Å². The van der Waals surface area contributed by atoms with E-state index in [0.29, 0.717) is 6.54 Å². The number of rotatable bonds is 4. The Balaban J connectivity index is 0.00000220. The molecular formula is C13H17F3IN3O. The number of hydrogen-bond acceptors (Lipinski definition) is 4. The van der Waals surface area contributed by atoms with Gasteiger partial charge in [-0.1, -0.05) is 12.1 Å². The van der Waals surface area contributed by atoms with E-state index in [1.165, 1.54) is 18.2 Å². The van der Waals surface area contributed by atoms with Crippen LogP contribution in [0.2, 0.25) is 0 Å². The van der Waals surface area contributed by atoms with Crippen molar-refractivity contribution < 1.29 is 17.9 Å².